The molecule has 0 spiro atoms. The minimum atomic E-state index is -3.81. The predicted octanol–water partition coefficient (Wildman–Crippen LogP) is 3.05. The summed E-state index contributed by atoms with van der Waals surface area (Å²) >= 11 is 11.9. The lowest BCUT2D eigenvalue weighted by Gasteiger charge is -2.21. The highest BCUT2D eigenvalue weighted by Gasteiger charge is 2.21. The van der Waals surface area contributed by atoms with Gasteiger partial charge in [-0.25, -0.2) is 18.2 Å². The molecule has 0 aliphatic heterocycles. The first-order valence-corrected chi connectivity index (χ1v) is 9.78. The number of benzene rings is 2. The third-order valence-corrected chi connectivity index (χ3v) is 4.97. The van der Waals surface area contributed by atoms with Crippen LogP contribution in [0.2, 0.25) is 10.0 Å². The molecular weight excluding hydrogens is 404 g/mol. The highest BCUT2D eigenvalue weighted by Crippen LogP contribution is 2.22. The molecule has 0 aromatic heterocycles. The largest absolute Gasteiger partial charge is 0.271 e. The first-order valence-electron chi connectivity index (χ1n) is 7.17. The van der Waals surface area contributed by atoms with Crippen LogP contribution in [-0.4, -0.2) is 33.3 Å². The van der Waals surface area contributed by atoms with E-state index < -0.39 is 28.3 Å². The molecule has 2 rings (SSSR count). The molecule has 0 saturated carbocycles. The van der Waals surface area contributed by atoms with Gasteiger partial charge < -0.3 is 0 Å². The number of anilines is 1. The lowest BCUT2D eigenvalue weighted by molar-refractivity contribution is -0.119. The van der Waals surface area contributed by atoms with Gasteiger partial charge in [-0.2, -0.15) is 5.10 Å². The molecule has 0 aliphatic carbocycles. The molecule has 0 aliphatic rings. The van der Waals surface area contributed by atoms with Crippen LogP contribution < -0.4 is 9.73 Å². The Bertz CT molecular complexity index is 931. The minimum absolute atomic E-state index is 0.0285. The van der Waals surface area contributed by atoms with Gasteiger partial charge in [0.25, 0.3) is 5.91 Å². The average molecular weight is 418 g/mol. The quantitative estimate of drug-likeness (QED) is 0.579. The van der Waals surface area contributed by atoms with E-state index in [4.69, 9.17) is 23.2 Å². The van der Waals surface area contributed by atoms with E-state index in [1.807, 2.05) is 0 Å². The maximum atomic E-state index is 13.3. The lowest BCUT2D eigenvalue weighted by atomic mass is 10.2. The fourth-order valence-electron chi connectivity index (χ4n) is 2.00. The Morgan fingerprint density at radius 1 is 1.23 bits per heavy atom. The van der Waals surface area contributed by atoms with Gasteiger partial charge in [-0.1, -0.05) is 35.3 Å². The number of amides is 1. The van der Waals surface area contributed by atoms with E-state index in [0.29, 0.717) is 15.6 Å². The molecule has 0 fully saturated rings. The van der Waals surface area contributed by atoms with Gasteiger partial charge in [0, 0.05) is 5.56 Å². The van der Waals surface area contributed by atoms with Crippen LogP contribution >= 0.6 is 23.2 Å². The number of carbonyl (C=O) groups excluding carboxylic acids is 1. The van der Waals surface area contributed by atoms with Gasteiger partial charge in [0.2, 0.25) is 10.0 Å². The van der Waals surface area contributed by atoms with E-state index in [0.717, 1.165) is 16.6 Å². The van der Waals surface area contributed by atoms with Gasteiger partial charge in [-0.3, -0.25) is 9.10 Å². The Morgan fingerprint density at radius 2 is 1.85 bits per heavy atom. The average Bonchev–Trinajstić information content (AvgIpc) is 2.54. The minimum Gasteiger partial charge on any atom is -0.271 e. The second kappa shape index (κ2) is 8.48. The van der Waals surface area contributed by atoms with Crippen LogP contribution in [0.5, 0.6) is 0 Å². The molecule has 1 amide bonds. The van der Waals surface area contributed by atoms with Crippen molar-refractivity contribution in [3.63, 3.8) is 0 Å². The van der Waals surface area contributed by atoms with E-state index >= 15 is 0 Å². The third-order valence-electron chi connectivity index (χ3n) is 3.17. The van der Waals surface area contributed by atoms with Crippen molar-refractivity contribution in [2.45, 2.75) is 0 Å². The Hall–Kier alpha value is -2.16. The van der Waals surface area contributed by atoms with Gasteiger partial charge >= 0.3 is 0 Å². The Labute approximate surface area is 160 Å². The molecule has 0 atom stereocenters. The van der Waals surface area contributed by atoms with E-state index in [2.05, 4.69) is 10.5 Å². The summed E-state index contributed by atoms with van der Waals surface area (Å²) in [4.78, 5) is 12.0. The van der Waals surface area contributed by atoms with Crippen LogP contribution in [0, 0.1) is 5.82 Å². The molecule has 0 heterocycles. The third kappa shape index (κ3) is 5.42. The standard InChI is InChI=1S/C16H14Cl2FN3O3S/c1-26(24,25)22(12-5-2-4-11(19)8-12)10-16(23)21-20-9-13-14(17)6-3-7-15(13)18/h2-9H,10H2,1H3,(H,21,23)/b20-9-. The summed E-state index contributed by atoms with van der Waals surface area (Å²) in [6, 6.07) is 9.77. The molecular formula is C16H14Cl2FN3O3S. The number of hydrogen-bond acceptors (Lipinski definition) is 4. The summed E-state index contributed by atoms with van der Waals surface area (Å²) in [6.07, 6.45) is 2.16. The molecule has 1 N–H and O–H groups in total. The number of sulfonamides is 1. The summed E-state index contributed by atoms with van der Waals surface area (Å²) in [5.41, 5.74) is 2.62. The zero-order valence-corrected chi connectivity index (χ0v) is 15.8. The van der Waals surface area contributed by atoms with Crippen LogP contribution in [0.4, 0.5) is 10.1 Å². The van der Waals surface area contributed by atoms with Gasteiger partial charge in [0.1, 0.15) is 12.4 Å². The highest BCUT2D eigenvalue weighted by molar-refractivity contribution is 7.92. The maximum Gasteiger partial charge on any atom is 0.260 e. The van der Waals surface area contributed by atoms with Gasteiger partial charge in [0.05, 0.1) is 28.2 Å². The molecule has 0 saturated heterocycles. The molecule has 0 bridgehead atoms. The summed E-state index contributed by atoms with van der Waals surface area (Å²) < 4.78 is 37.9. The van der Waals surface area contributed by atoms with Crippen LogP contribution in [0.1, 0.15) is 5.56 Å². The molecule has 2 aromatic rings. The van der Waals surface area contributed by atoms with Gasteiger partial charge in [-0.05, 0) is 30.3 Å². The number of nitrogens with zero attached hydrogens (tertiary/aromatic N) is 2. The number of hydrazone groups is 1. The smallest absolute Gasteiger partial charge is 0.260 e. The molecule has 26 heavy (non-hydrogen) atoms. The molecule has 6 nitrogen and oxygen atoms in total. The Balaban J connectivity index is 2.12. The second-order valence-corrected chi connectivity index (χ2v) is 7.90. The first kappa shape index (κ1) is 20.2. The van der Waals surface area contributed by atoms with Crippen LogP contribution in [0.25, 0.3) is 0 Å². The maximum absolute atomic E-state index is 13.3. The summed E-state index contributed by atoms with van der Waals surface area (Å²) in [5, 5.41) is 4.40. The highest BCUT2D eigenvalue weighted by atomic mass is 35.5. The van der Waals surface area contributed by atoms with Crippen molar-refractivity contribution in [2.24, 2.45) is 5.10 Å². The number of nitrogens with one attached hydrogen (secondary N) is 1. The van der Waals surface area contributed by atoms with E-state index in [-0.39, 0.29) is 5.69 Å². The van der Waals surface area contributed by atoms with Crippen molar-refractivity contribution in [1.82, 2.24) is 5.43 Å². The van der Waals surface area contributed by atoms with Crippen molar-refractivity contribution in [3.05, 3.63) is 63.9 Å². The lowest BCUT2D eigenvalue weighted by Crippen LogP contribution is -2.39. The van der Waals surface area contributed by atoms with Crippen molar-refractivity contribution in [1.29, 1.82) is 0 Å². The second-order valence-electron chi connectivity index (χ2n) is 5.18. The first-order chi connectivity index (χ1) is 12.2. The van der Waals surface area contributed by atoms with Crippen molar-refractivity contribution in [3.8, 4) is 0 Å². The summed E-state index contributed by atoms with van der Waals surface area (Å²) in [7, 11) is -3.81. The number of rotatable bonds is 6. The SMILES string of the molecule is CS(=O)(=O)N(CC(=O)N/N=C\c1c(Cl)cccc1Cl)c1cccc(F)c1. The van der Waals surface area contributed by atoms with E-state index in [1.54, 1.807) is 18.2 Å². The van der Waals surface area contributed by atoms with Crippen molar-refractivity contribution in [2.75, 3.05) is 17.1 Å². The van der Waals surface area contributed by atoms with Crippen LogP contribution in [0.3, 0.4) is 0 Å². The fourth-order valence-corrected chi connectivity index (χ4v) is 3.34. The molecule has 0 unspecified atom stereocenters. The van der Waals surface area contributed by atoms with Crippen molar-refractivity contribution >= 4 is 51.0 Å². The van der Waals surface area contributed by atoms with Crippen LogP contribution in [-0.2, 0) is 14.8 Å². The van der Waals surface area contributed by atoms with E-state index in [9.17, 15) is 17.6 Å². The molecule has 0 radical (unpaired) electrons. The number of halogens is 3. The molecule has 10 heteroatoms. The topological polar surface area (TPSA) is 78.8 Å². The summed E-state index contributed by atoms with van der Waals surface area (Å²) in [6.45, 7) is -0.574. The zero-order chi connectivity index (χ0) is 19.3. The Morgan fingerprint density at radius 3 is 2.42 bits per heavy atom. The number of hydrogen-bond donors (Lipinski definition) is 1. The zero-order valence-electron chi connectivity index (χ0n) is 13.5. The monoisotopic (exact) mass is 417 g/mol. The number of carbonyl (C=O) groups is 1. The Kier molecular flexibility index (Phi) is 6.57. The predicted molar refractivity (Wildman–Crippen MR) is 101 cm³/mol. The van der Waals surface area contributed by atoms with Crippen molar-refractivity contribution < 1.29 is 17.6 Å². The normalized spacial score (nSPS) is 11.5. The molecule has 2 aromatic carbocycles. The fraction of sp³-hybridized carbons (Fsp3) is 0.125. The van der Waals surface area contributed by atoms with Gasteiger partial charge in [-0.15, -0.1) is 0 Å². The van der Waals surface area contributed by atoms with E-state index in [1.165, 1.54) is 24.4 Å². The molecule has 138 valence electrons. The summed E-state index contributed by atoms with van der Waals surface area (Å²) in [5.74, 6) is -1.35. The van der Waals surface area contributed by atoms with Crippen LogP contribution in [0.15, 0.2) is 47.6 Å². The van der Waals surface area contributed by atoms with Gasteiger partial charge in [0.15, 0.2) is 0 Å².